The smallest absolute Gasteiger partial charge is 0.122 e. The second-order valence-corrected chi connectivity index (χ2v) is 3.32. The van der Waals surface area contributed by atoms with Crippen LogP contribution in [0.3, 0.4) is 0 Å². The van der Waals surface area contributed by atoms with E-state index in [1.807, 2.05) is 0 Å². The van der Waals surface area contributed by atoms with E-state index in [1.165, 1.54) is 0 Å². The highest BCUT2D eigenvalue weighted by Crippen LogP contribution is 2.14. The summed E-state index contributed by atoms with van der Waals surface area (Å²) >= 11 is 0. The number of hydrogen-bond acceptors (Lipinski definition) is 2. The van der Waals surface area contributed by atoms with Gasteiger partial charge in [0.1, 0.15) is 5.60 Å². The zero-order valence-electron chi connectivity index (χ0n) is 7.67. The molecular weight excluding hydrogens is 152 g/mol. The summed E-state index contributed by atoms with van der Waals surface area (Å²) in [4.78, 5) is 0. The number of rotatable bonds is 4. The summed E-state index contributed by atoms with van der Waals surface area (Å²) in [5.74, 6) is 2.25. The van der Waals surface area contributed by atoms with Gasteiger partial charge < -0.3 is 10.2 Å². The van der Waals surface area contributed by atoms with Gasteiger partial charge in [0.15, 0.2) is 0 Å². The van der Waals surface area contributed by atoms with E-state index in [0.717, 1.165) is 0 Å². The molecule has 0 bridgehead atoms. The molecule has 0 saturated heterocycles. The highest BCUT2D eigenvalue weighted by atomic mass is 16.3. The van der Waals surface area contributed by atoms with Crippen LogP contribution >= 0.6 is 0 Å². The van der Waals surface area contributed by atoms with Gasteiger partial charge in [-0.1, -0.05) is 18.1 Å². The predicted molar refractivity (Wildman–Crippen MR) is 49.5 cm³/mol. The van der Waals surface area contributed by atoms with Crippen molar-refractivity contribution in [2.75, 3.05) is 0 Å². The molecule has 0 spiro atoms. The molecule has 0 heterocycles. The Hall–Kier alpha value is -0.780. The molecule has 2 heteroatoms. The molecule has 2 unspecified atom stereocenters. The Kier molecular flexibility index (Phi) is 4.02. The van der Waals surface area contributed by atoms with Gasteiger partial charge in [-0.2, -0.15) is 0 Å². The fraction of sp³-hybridized carbons (Fsp3) is 0.600. The van der Waals surface area contributed by atoms with Crippen molar-refractivity contribution in [2.45, 2.75) is 38.4 Å². The van der Waals surface area contributed by atoms with Crippen LogP contribution in [-0.2, 0) is 0 Å². The van der Waals surface area contributed by atoms with Crippen molar-refractivity contribution in [3.63, 3.8) is 0 Å². The van der Waals surface area contributed by atoms with E-state index in [1.54, 1.807) is 13.8 Å². The third-order valence-corrected chi connectivity index (χ3v) is 1.78. The first-order chi connectivity index (χ1) is 5.39. The summed E-state index contributed by atoms with van der Waals surface area (Å²) in [5.41, 5.74) is -0.418. The molecule has 0 amide bonds. The molecular formula is C10H16O2. The molecule has 68 valence electrons. The zero-order valence-corrected chi connectivity index (χ0v) is 7.67. The van der Waals surface area contributed by atoms with Gasteiger partial charge >= 0.3 is 0 Å². The predicted octanol–water partition coefficient (Wildman–Crippen LogP) is 1.09. The van der Waals surface area contributed by atoms with E-state index >= 15 is 0 Å². The lowest BCUT2D eigenvalue weighted by molar-refractivity contribution is 0.0894. The summed E-state index contributed by atoms with van der Waals surface area (Å²) < 4.78 is 0. The van der Waals surface area contributed by atoms with Crippen LogP contribution in [0.15, 0.2) is 12.2 Å². The number of aliphatic hydroxyl groups excluding tert-OH is 1. The van der Waals surface area contributed by atoms with Crippen LogP contribution in [0.5, 0.6) is 0 Å². The first-order valence-corrected chi connectivity index (χ1v) is 3.92. The summed E-state index contributed by atoms with van der Waals surface area (Å²) in [6.07, 6.45) is 5.34. The van der Waals surface area contributed by atoms with Crippen molar-refractivity contribution in [3.05, 3.63) is 12.2 Å². The van der Waals surface area contributed by atoms with Crippen LogP contribution in [0, 0.1) is 12.3 Å². The molecule has 0 radical (unpaired) electrons. The summed E-state index contributed by atoms with van der Waals surface area (Å²) in [7, 11) is 0. The molecule has 0 aliphatic rings. The van der Waals surface area contributed by atoms with E-state index in [0.29, 0.717) is 18.4 Å². The second-order valence-electron chi connectivity index (χ2n) is 3.32. The van der Waals surface area contributed by atoms with Gasteiger partial charge in [0.05, 0.1) is 6.10 Å². The Labute approximate surface area is 73.9 Å². The third-order valence-electron chi connectivity index (χ3n) is 1.78. The van der Waals surface area contributed by atoms with Gasteiger partial charge in [0.25, 0.3) is 0 Å². The molecule has 12 heavy (non-hydrogen) atoms. The van der Waals surface area contributed by atoms with E-state index in [9.17, 15) is 10.2 Å². The van der Waals surface area contributed by atoms with E-state index in [-0.39, 0.29) is 0 Å². The Morgan fingerprint density at radius 2 is 2.25 bits per heavy atom. The lowest BCUT2D eigenvalue weighted by atomic mass is 9.97. The quantitative estimate of drug-likeness (QED) is 0.487. The summed E-state index contributed by atoms with van der Waals surface area (Å²) in [6, 6.07) is 0. The molecule has 0 aliphatic carbocycles. The topological polar surface area (TPSA) is 40.5 Å². The van der Waals surface area contributed by atoms with Crippen LogP contribution in [0.25, 0.3) is 0 Å². The van der Waals surface area contributed by atoms with Gasteiger partial charge in [0, 0.05) is 0 Å². The number of hydrogen-bond donors (Lipinski definition) is 2. The average Bonchev–Trinajstić information content (AvgIpc) is 2.00. The van der Waals surface area contributed by atoms with Gasteiger partial charge in [-0.05, 0) is 26.7 Å². The minimum Gasteiger partial charge on any atom is -0.389 e. The molecule has 0 aliphatic heterocycles. The molecule has 0 rings (SSSR count). The standard InChI is InChI=1S/C10H16O2/c1-5-10(4,12)7-6-9(11)8(2)3/h1,9,11-12H,2,6-7H2,3-4H3. The third kappa shape index (κ3) is 4.17. The fourth-order valence-corrected chi connectivity index (χ4v) is 0.736. The molecule has 0 aromatic heterocycles. The monoisotopic (exact) mass is 168 g/mol. The molecule has 0 saturated carbocycles. The van der Waals surface area contributed by atoms with E-state index < -0.39 is 11.7 Å². The van der Waals surface area contributed by atoms with Crippen LogP contribution in [0.4, 0.5) is 0 Å². The van der Waals surface area contributed by atoms with E-state index in [2.05, 4.69) is 12.5 Å². The first-order valence-electron chi connectivity index (χ1n) is 3.92. The van der Waals surface area contributed by atoms with Crippen LogP contribution < -0.4 is 0 Å². The maximum Gasteiger partial charge on any atom is 0.122 e. The molecule has 0 aromatic rings. The lowest BCUT2D eigenvalue weighted by Crippen LogP contribution is -2.23. The average molecular weight is 168 g/mol. The van der Waals surface area contributed by atoms with Crippen molar-refractivity contribution in [1.29, 1.82) is 0 Å². The number of aliphatic hydroxyl groups is 2. The minimum atomic E-state index is -1.11. The molecule has 2 N–H and O–H groups in total. The molecule has 2 nitrogen and oxygen atoms in total. The van der Waals surface area contributed by atoms with Crippen LogP contribution in [0.1, 0.15) is 26.7 Å². The van der Waals surface area contributed by atoms with Crippen molar-refractivity contribution >= 4 is 0 Å². The lowest BCUT2D eigenvalue weighted by Gasteiger charge is -2.18. The van der Waals surface area contributed by atoms with Gasteiger partial charge in [-0.15, -0.1) is 6.42 Å². The largest absolute Gasteiger partial charge is 0.389 e. The van der Waals surface area contributed by atoms with Crippen molar-refractivity contribution in [2.24, 2.45) is 0 Å². The van der Waals surface area contributed by atoms with Gasteiger partial charge in [0.2, 0.25) is 0 Å². The first kappa shape index (κ1) is 11.2. The van der Waals surface area contributed by atoms with Crippen LogP contribution in [0.2, 0.25) is 0 Å². The minimum absolute atomic E-state index is 0.386. The second kappa shape index (κ2) is 4.30. The summed E-state index contributed by atoms with van der Waals surface area (Å²) in [5, 5.41) is 18.7. The Bertz CT molecular complexity index is 198. The van der Waals surface area contributed by atoms with Crippen molar-refractivity contribution in [3.8, 4) is 12.3 Å². The Morgan fingerprint density at radius 3 is 2.58 bits per heavy atom. The number of terminal acetylenes is 1. The molecule has 0 fully saturated rings. The van der Waals surface area contributed by atoms with Gasteiger partial charge in [-0.25, -0.2) is 0 Å². The fourth-order valence-electron chi connectivity index (χ4n) is 0.736. The van der Waals surface area contributed by atoms with E-state index in [4.69, 9.17) is 6.42 Å². The van der Waals surface area contributed by atoms with Crippen LogP contribution in [-0.4, -0.2) is 21.9 Å². The highest BCUT2D eigenvalue weighted by Gasteiger charge is 2.18. The molecule has 2 atom stereocenters. The highest BCUT2D eigenvalue weighted by molar-refractivity contribution is 5.06. The Morgan fingerprint density at radius 1 is 1.75 bits per heavy atom. The maximum atomic E-state index is 9.38. The summed E-state index contributed by atoms with van der Waals surface area (Å²) in [6.45, 7) is 6.90. The normalized spacial score (nSPS) is 17.6. The van der Waals surface area contributed by atoms with Gasteiger partial charge in [-0.3, -0.25) is 0 Å². The Balaban J connectivity index is 3.85. The molecule has 0 aromatic carbocycles. The van der Waals surface area contributed by atoms with Crippen molar-refractivity contribution in [1.82, 2.24) is 0 Å². The maximum absolute atomic E-state index is 9.38. The SMILES string of the molecule is C#CC(C)(O)CCC(O)C(=C)C. The zero-order chi connectivity index (χ0) is 9.78. The van der Waals surface area contributed by atoms with Crippen molar-refractivity contribution < 1.29 is 10.2 Å².